The molecule has 1 aliphatic heterocycles. The van der Waals surface area contributed by atoms with Gasteiger partial charge in [-0.05, 0) is 6.92 Å². The summed E-state index contributed by atoms with van der Waals surface area (Å²) in [5.41, 5.74) is 0. The summed E-state index contributed by atoms with van der Waals surface area (Å²) in [5, 5.41) is 20.2. The van der Waals surface area contributed by atoms with Crippen molar-refractivity contribution in [3.8, 4) is 0 Å². The number of halogens is 3. The van der Waals surface area contributed by atoms with Gasteiger partial charge in [0.1, 0.15) is 6.10 Å². The van der Waals surface area contributed by atoms with Crippen molar-refractivity contribution in [2.75, 3.05) is 0 Å². The molecule has 3 N–H and O–H groups in total. The van der Waals surface area contributed by atoms with Gasteiger partial charge in [0.15, 0.2) is 6.29 Å². The van der Waals surface area contributed by atoms with Crippen LogP contribution in [-0.4, -0.2) is 46.8 Å². The highest BCUT2D eigenvalue weighted by Gasteiger charge is 2.43. The molecule has 1 amide bonds. The second-order valence-electron chi connectivity index (χ2n) is 3.60. The van der Waals surface area contributed by atoms with Gasteiger partial charge < -0.3 is 20.3 Å². The largest absolute Gasteiger partial charge is 0.471 e. The average Bonchev–Trinajstić information content (AvgIpc) is 2.11. The zero-order chi connectivity index (χ0) is 12.5. The Morgan fingerprint density at radius 1 is 1.44 bits per heavy atom. The quantitative estimate of drug-likeness (QED) is 0.581. The zero-order valence-electron chi connectivity index (χ0n) is 8.36. The predicted molar refractivity (Wildman–Crippen MR) is 45.2 cm³/mol. The molecule has 1 heterocycles. The minimum atomic E-state index is -5.01. The highest BCUT2D eigenvalue weighted by molar-refractivity contribution is 5.82. The number of carbonyl (C=O) groups is 1. The maximum absolute atomic E-state index is 11.9. The van der Waals surface area contributed by atoms with Gasteiger partial charge in [0.2, 0.25) is 0 Å². The predicted octanol–water partition coefficient (Wildman–Crippen LogP) is -0.478. The third-order valence-corrected chi connectivity index (χ3v) is 2.29. The molecule has 0 spiro atoms. The summed E-state index contributed by atoms with van der Waals surface area (Å²) < 4.78 is 40.6. The number of amides is 1. The van der Waals surface area contributed by atoms with Crippen LogP contribution < -0.4 is 5.32 Å². The lowest BCUT2D eigenvalue weighted by Crippen LogP contribution is -2.56. The van der Waals surface area contributed by atoms with Crippen molar-refractivity contribution in [2.45, 2.75) is 44.1 Å². The van der Waals surface area contributed by atoms with E-state index in [1.807, 2.05) is 0 Å². The summed E-state index contributed by atoms with van der Waals surface area (Å²) in [6.45, 7) is 1.39. The van der Waals surface area contributed by atoms with Crippen molar-refractivity contribution in [1.29, 1.82) is 0 Å². The number of hydrogen-bond donors (Lipinski definition) is 3. The molecule has 1 saturated heterocycles. The summed E-state index contributed by atoms with van der Waals surface area (Å²) in [7, 11) is 0. The van der Waals surface area contributed by atoms with Crippen LogP contribution in [0.4, 0.5) is 13.2 Å². The van der Waals surface area contributed by atoms with Gasteiger partial charge in [-0.2, -0.15) is 13.2 Å². The highest BCUT2D eigenvalue weighted by Crippen LogP contribution is 2.21. The molecule has 0 radical (unpaired) electrons. The normalized spacial score (nSPS) is 35.9. The molecule has 1 rings (SSSR count). The zero-order valence-corrected chi connectivity index (χ0v) is 8.36. The molecule has 1 fully saturated rings. The first-order chi connectivity index (χ1) is 7.21. The first kappa shape index (κ1) is 13.2. The lowest BCUT2D eigenvalue weighted by atomic mass is 9.99. The molecule has 0 bridgehead atoms. The van der Waals surface area contributed by atoms with Crippen LogP contribution in [0.3, 0.4) is 0 Å². The number of nitrogens with one attached hydrogen (secondary N) is 1. The molecular weight excluding hydrogens is 231 g/mol. The number of ether oxygens (including phenoxy) is 1. The molecule has 0 aromatic rings. The van der Waals surface area contributed by atoms with Crippen LogP contribution in [-0.2, 0) is 9.53 Å². The molecule has 16 heavy (non-hydrogen) atoms. The molecule has 0 aromatic heterocycles. The van der Waals surface area contributed by atoms with Crippen LogP contribution in [0, 0.1) is 0 Å². The molecule has 0 unspecified atom stereocenters. The highest BCUT2D eigenvalue weighted by atomic mass is 19.4. The summed E-state index contributed by atoms with van der Waals surface area (Å²) in [5.74, 6) is -2.14. The summed E-state index contributed by atoms with van der Waals surface area (Å²) in [6.07, 6.45) is -8.71. The van der Waals surface area contributed by atoms with Gasteiger partial charge in [-0.15, -0.1) is 0 Å². The van der Waals surface area contributed by atoms with E-state index in [2.05, 4.69) is 0 Å². The second kappa shape index (κ2) is 4.56. The van der Waals surface area contributed by atoms with Crippen molar-refractivity contribution in [3.05, 3.63) is 0 Å². The Hall–Kier alpha value is -0.860. The van der Waals surface area contributed by atoms with Crippen molar-refractivity contribution in [2.24, 2.45) is 0 Å². The van der Waals surface area contributed by atoms with E-state index in [0.717, 1.165) is 0 Å². The van der Waals surface area contributed by atoms with Crippen molar-refractivity contribution < 1.29 is 32.9 Å². The van der Waals surface area contributed by atoms with E-state index in [9.17, 15) is 23.1 Å². The van der Waals surface area contributed by atoms with E-state index >= 15 is 0 Å². The van der Waals surface area contributed by atoms with E-state index in [1.54, 1.807) is 5.32 Å². The van der Waals surface area contributed by atoms with E-state index in [1.165, 1.54) is 6.92 Å². The summed E-state index contributed by atoms with van der Waals surface area (Å²) in [6, 6.07) is -1.17. The number of hydrogen-bond acceptors (Lipinski definition) is 4. The van der Waals surface area contributed by atoms with Crippen LogP contribution in [0.25, 0.3) is 0 Å². The van der Waals surface area contributed by atoms with Crippen LogP contribution >= 0.6 is 0 Å². The minimum Gasteiger partial charge on any atom is -0.388 e. The Morgan fingerprint density at radius 2 is 2.00 bits per heavy atom. The van der Waals surface area contributed by atoms with E-state index in [4.69, 9.17) is 9.84 Å². The number of aliphatic hydroxyl groups excluding tert-OH is 2. The molecule has 8 heteroatoms. The average molecular weight is 243 g/mol. The van der Waals surface area contributed by atoms with Gasteiger partial charge in [0, 0.05) is 6.42 Å². The Labute approximate surface area is 89.2 Å². The van der Waals surface area contributed by atoms with Crippen LogP contribution in [0.2, 0.25) is 0 Å². The van der Waals surface area contributed by atoms with E-state index in [-0.39, 0.29) is 6.42 Å². The monoisotopic (exact) mass is 243 g/mol. The van der Waals surface area contributed by atoms with Gasteiger partial charge in [-0.3, -0.25) is 4.79 Å². The molecule has 0 aromatic carbocycles. The van der Waals surface area contributed by atoms with E-state index < -0.39 is 36.6 Å². The Balaban J connectivity index is 2.62. The fraction of sp³-hybridized carbons (Fsp3) is 0.875. The molecule has 1 aliphatic rings. The third kappa shape index (κ3) is 3.06. The van der Waals surface area contributed by atoms with Crippen LogP contribution in [0.5, 0.6) is 0 Å². The number of aliphatic hydroxyl groups is 2. The Bertz CT molecular complexity index is 270. The Kier molecular flexibility index (Phi) is 3.76. The smallest absolute Gasteiger partial charge is 0.388 e. The lowest BCUT2D eigenvalue weighted by molar-refractivity contribution is -0.207. The third-order valence-electron chi connectivity index (χ3n) is 2.29. The number of rotatable bonds is 1. The summed E-state index contributed by atoms with van der Waals surface area (Å²) >= 11 is 0. The first-order valence-corrected chi connectivity index (χ1v) is 4.61. The topological polar surface area (TPSA) is 78.8 Å². The molecule has 5 nitrogen and oxygen atoms in total. The van der Waals surface area contributed by atoms with Gasteiger partial charge in [-0.1, -0.05) is 0 Å². The van der Waals surface area contributed by atoms with Crippen LogP contribution in [0.15, 0.2) is 0 Å². The fourth-order valence-corrected chi connectivity index (χ4v) is 1.46. The molecule has 4 atom stereocenters. The Morgan fingerprint density at radius 3 is 2.50 bits per heavy atom. The molecular formula is C8H12F3NO4. The second-order valence-corrected chi connectivity index (χ2v) is 3.60. The standard InChI is InChI=1S/C8H12F3NO4/c1-3-6(14)4(2-5(13)16-3)12-7(15)8(9,10)11/h3-6,13-14H,2H2,1H3,(H,12,15)/t3-,4-,5-,6-/m1/s1. The minimum absolute atomic E-state index is 0.284. The first-order valence-electron chi connectivity index (χ1n) is 4.61. The molecule has 0 saturated carbocycles. The summed E-state index contributed by atoms with van der Waals surface area (Å²) in [4.78, 5) is 10.6. The van der Waals surface area contributed by atoms with Crippen molar-refractivity contribution in [1.82, 2.24) is 5.32 Å². The SMILES string of the molecule is C[C@H]1O[C@@H](O)C[C@@H](NC(=O)C(F)(F)F)[C@@H]1O. The van der Waals surface area contributed by atoms with E-state index in [0.29, 0.717) is 0 Å². The van der Waals surface area contributed by atoms with Gasteiger partial charge in [-0.25, -0.2) is 0 Å². The van der Waals surface area contributed by atoms with Gasteiger partial charge in [0.05, 0.1) is 12.1 Å². The van der Waals surface area contributed by atoms with Crippen LogP contribution in [0.1, 0.15) is 13.3 Å². The van der Waals surface area contributed by atoms with Crippen molar-refractivity contribution >= 4 is 5.91 Å². The fourth-order valence-electron chi connectivity index (χ4n) is 1.46. The van der Waals surface area contributed by atoms with Crippen molar-refractivity contribution in [3.63, 3.8) is 0 Å². The lowest BCUT2D eigenvalue weighted by Gasteiger charge is -2.36. The van der Waals surface area contributed by atoms with Gasteiger partial charge >= 0.3 is 12.1 Å². The maximum Gasteiger partial charge on any atom is 0.471 e. The maximum atomic E-state index is 11.9. The number of carbonyl (C=O) groups excluding carboxylic acids is 1. The number of alkyl halides is 3. The van der Waals surface area contributed by atoms with Gasteiger partial charge in [0.25, 0.3) is 0 Å². The molecule has 0 aliphatic carbocycles. The molecule has 94 valence electrons.